The van der Waals surface area contributed by atoms with Crippen molar-refractivity contribution in [1.82, 2.24) is 9.97 Å². The molecule has 90 valence electrons. The summed E-state index contributed by atoms with van der Waals surface area (Å²) in [5.74, 6) is 0.243. The summed E-state index contributed by atoms with van der Waals surface area (Å²) in [4.78, 5) is 27.0. The Morgan fingerprint density at radius 2 is 2.18 bits per heavy atom. The smallest absolute Gasteiger partial charge is 0.323 e. The second kappa shape index (κ2) is 4.73. The van der Waals surface area contributed by atoms with Crippen LogP contribution in [-0.2, 0) is 4.79 Å². The second-order valence-electron chi connectivity index (χ2n) is 3.68. The maximum atomic E-state index is 11.1. The van der Waals surface area contributed by atoms with Crippen LogP contribution in [0.25, 0.3) is 11.0 Å². The molecule has 2 rings (SSSR count). The molecule has 0 radical (unpaired) electrons. The molecule has 0 spiro atoms. The van der Waals surface area contributed by atoms with E-state index >= 15 is 0 Å². The molecule has 0 atom stereocenters. The molecule has 0 aliphatic rings. The van der Waals surface area contributed by atoms with Crippen molar-refractivity contribution in [3.8, 4) is 5.75 Å². The zero-order chi connectivity index (χ0) is 12.3. The monoisotopic (exact) mass is 235 g/mol. The van der Waals surface area contributed by atoms with E-state index in [4.69, 9.17) is 10.5 Å². The quantitative estimate of drug-likeness (QED) is 0.658. The molecule has 0 fully saturated rings. The summed E-state index contributed by atoms with van der Waals surface area (Å²) >= 11 is 0. The standard InChI is InChI=1S/C11H13N3O3/c12-9(15)5-2-6-17-8-4-1-3-7-10(8)14-11(16)13-7/h1,3-4H,2,5-6H2,(H2,12,15)(H2,13,14,16). The fourth-order valence-electron chi connectivity index (χ4n) is 1.58. The second-order valence-corrected chi connectivity index (χ2v) is 3.68. The van der Waals surface area contributed by atoms with Crippen molar-refractivity contribution in [2.24, 2.45) is 5.73 Å². The normalized spacial score (nSPS) is 10.6. The maximum absolute atomic E-state index is 11.1. The third-order valence-corrected chi connectivity index (χ3v) is 2.34. The molecule has 0 aliphatic heterocycles. The molecule has 0 saturated heterocycles. The highest BCUT2D eigenvalue weighted by molar-refractivity contribution is 5.81. The fraction of sp³-hybridized carbons (Fsp3) is 0.273. The van der Waals surface area contributed by atoms with Gasteiger partial charge in [-0.1, -0.05) is 6.07 Å². The van der Waals surface area contributed by atoms with Gasteiger partial charge in [0.15, 0.2) is 0 Å². The topological polar surface area (TPSA) is 101 Å². The molecule has 6 nitrogen and oxygen atoms in total. The number of benzene rings is 1. The van der Waals surface area contributed by atoms with Crippen LogP contribution in [-0.4, -0.2) is 22.5 Å². The summed E-state index contributed by atoms with van der Waals surface area (Å²) in [6.07, 6.45) is 0.847. The highest BCUT2D eigenvalue weighted by atomic mass is 16.5. The van der Waals surface area contributed by atoms with E-state index in [9.17, 15) is 9.59 Å². The lowest BCUT2D eigenvalue weighted by Crippen LogP contribution is -2.11. The summed E-state index contributed by atoms with van der Waals surface area (Å²) in [6.45, 7) is 0.384. The number of nitrogens with two attached hydrogens (primary N) is 1. The number of rotatable bonds is 5. The van der Waals surface area contributed by atoms with Gasteiger partial charge in [-0.2, -0.15) is 0 Å². The van der Waals surface area contributed by atoms with E-state index in [1.54, 1.807) is 18.2 Å². The molecule has 0 bridgehead atoms. The lowest BCUT2D eigenvalue weighted by Gasteiger charge is -2.05. The molecular weight excluding hydrogens is 222 g/mol. The van der Waals surface area contributed by atoms with Gasteiger partial charge in [0.25, 0.3) is 0 Å². The minimum atomic E-state index is -0.345. The van der Waals surface area contributed by atoms with Gasteiger partial charge in [-0.25, -0.2) is 4.79 Å². The van der Waals surface area contributed by atoms with Crippen molar-refractivity contribution in [1.29, 1.82) is 0 Å². The summed E-state index contributed by atoms with van der Waals surface area (Å²) in [5.41, 5.74) is 6.08. The number of primary amides is 1. The molecule has 0 unspecified atom stereocenters. The van der Waals surface area contributed by atoms with Crippen LogP contribution in [0.2, 0.25) is 0 Å². The first-order valence-electron chi connectivity index (χ1n) is 5.29. The molecule has 1 amide bonds. The number of hydrogen-bond acceptors (Lipinski definition) is 3. The molecule has 2 aromatic rings. The number of carbonyl (C=O) groups is 1. The van der Waals surface area contributed by atoms with Gasteiger partial charge >= 0.3 is 5.69 Å². The number of aromatic amines is 2. The number of aromatic nitrogens is 2. The van der Waals surface area contributed by atoms with Crippen molar-refractivity contribution in [3.05, 3.63) is 28.7 Å². The van der Waals surface area contributed by atoms with Gasteiger partial charge in [-0.15, -0.1) is 0 Å². The molecule has 0 saturated carbocycles. The average molecular weight is 235 g/mol. The van der Waals surface area contributed by atoms with Crippen molar-refractivity contribution in [2.45, 2.75) is 12.8 Å². The van der Waals surface area contributed by atoms with Gasteiger partial charge in [0, 0.05) is 6.42 Å². The van der Waals surface area contributed by atoms with Crippen LogP contribution in [0.4, 0.5) is 0 Å². The van der Waals surface area contributed by atoms with Gasteiger partial charge < -0.3 is 20.4 Å². The SMILES string of the molecule is NC(=O)CCCOc1cccc2[nH]c(=O)[nH]c12. The number of amides is 1. The maximum Gasteiger partial charge on any atom is 0.323 e. The minimum Gasteiger partial charge on any atom is -0.491 e. The number of nitrogens with one attached hydrogen (secondary N) is 2. The number of hydrogen-bond donors (Lipinski definition) is 3. The van der Waals surface area contributed by atoms with Crippen LogP contribution in [0.1, 0.15) is 12.8 Å². The summed E-state index contributed by atoms with van der Waals surface area (Å²) in [6, 6.07) is 5.33. The number of H-pyrrole nitrogens is 2. The van der Waals surface area contributed by atoms with Gasteiger partial charge in [0.05, 0.1) is 12.1 Å². The molecule has 17 heavy (non-hydrogen) atoms. The summed E-state index contributed by atoms with van der Waals surface area (Å²) < 4.78 is 5.49. The van der Waals surface area contributed by atoms with E-state index in [1.807, 2.05) is 0 Å². The molecule has 0 aliphatic carbocycles. The van der Waals surface area contributed by atoms with Crippen LogP contribution in [0.15, 0.2) is 23.0 Å². The average Bonchev–Trinajstić information content (AvgIpc) is 2.65. The first kappa shape index (κ1) is 11.3. The van der Waals surface area contributed by atoms with Gasteiger partial charge in [0.1, 0.15) is 11.3 Å². The molecule has 1 aromatic heterocycles. The molecular formula is C11H13N3O3. The van der Waals surface area contributed by atoms with E-state index in [2.05, 4.69) is 9.97 Å². The lowest BCUT2D eigenvalue weighted by atomic mass is 10.3. The number of fused-ring (bicyclic) bond motifs is 1. The Labute approximate surface area is 96.8 Å². The van der Waals surface area contributed by atoms with Crippen LogP contribution in [0, 0.1) is 0 Å². The third kappa shape index (κ3) is 2.66. The van der Waals surface area contributed by atoms with E-state index < -0.39 is 0 Å². The van der Waals surface area contributed by atoms with Crippen LogP contribution in [0.5, 0.6) is 5.75 Å². The predicted octanol–water partition coefficient (Wildman–Crippen LogP) is 0.500. The highest BCUT2D eigenvalue weighted by Gasteiger charge is 2.05. The third-order valence-electron chi connectivity index (χ3n) is 2.34. The Morgan fingerprint density at radius 1 is 1.35 bits per heavy atom. The van der Waals surface area contributed by atoms with Crippen LogP contribution in [0.3, 0.4) is 0 Å². The number of ether oxygens (including phenoxy) is 1. The van der Waals surface area contributed by atoms with Gasteiger partial charge in [-0.3, -0.25) is 4.79 Å². The van der Waals surface area contributed by atoms with Crippen molar-refractivity contribution >= 4 is 16.9 Å². The van der Waals surface area contributed by atoms with Crippen molar-refractivity contribution in [3.63, 3.8) is 0 Å². The van der Waals surface area contributed by atoms with Crippen molar-refractivity contribution in [2.75, 3.05) is 6.61 Å². The number of carbonyl (C=O) groups excluding carboxylic acids is 1. The number of imidazole rings is 1. The van der Waals surface area contributed by atoms with Gasteiger partial charge in [-0.05, 0) is 18.6 Å². The molecule has 6 heteroatoms. The Morgan fingerprint density at radius 3 is 2.94 bits per heavy atom. The van der Waals surface area contributed by atoms with Crippen LogP contribution >= 0.6 is 0 Å². The Hall–Kier alpha value is -2.24. The van der Waals surface area contributed by atoms with Crippen molar-refractivity contribution < 1.29 is 9.53 Å². The highest BCUT2D eigenvalue weighted by Crippen LogP contribution is 2.20. The van der Waals surface area contributed by atoms with E-state index in [0.29, 0.717) is 36.2 Å². The zero-order valence-corrected chi connectivity index (χ0v) is 9.16. The Balaban J connectivity index is 2.08. The van der Waals surface area contributed by atoms with E-state index in [1.165, 1.54) is 0 Å². The van der Waals surface area contributed by atoms with Crippen LogP contribution < -0.4 is 16.2 Å². The lowest BCUT2D eigenvalue weighted by molar-refractivity contribution is -0.118. The summed E-state index contributed by atoms with van der Waals surface area (Å²) in [7, 11) is 0. The van der Waals surface area contributed by atoms with Gasteiger partial charge in [0.2, 0.25) is 5.91 Å². The predicted molar refractivity (Wildman–Crippen MR) is 62.8 cm³/mol. The first-order chi connectivity index (χ1) is 8.16. The minimum absolute atomic E-state index is 0.270. The Kier molecular flexibility index (Phi) is 3.13. The molecule has 1 heterocycles. The van der Waals surface area contributed by atoms with E-state index in [-0.39, 0.29) is 11.6 Å². The molecule has 4 N–H and O–H groups in total. The zero-order valence-electron chi connectivity index (χ0n) is 9.16. The number of para-hydroxylation sites is 1. The largest absolute Gasteiger partial charge is 0.491 e. The fourth-order valence-corrected chi connectivity index (χ4v) is 1.58. The first-order valence-corrected chi connectivity index (χ1v) is 5.29. The Bertz CT molecular complexity index is 585. The summed E-state index contributed by atoms with van der Waals surface area (Å²) in [5, 5.41) is 0. The van der Waals surface area contributed by atoms with E-state index in [0.717, 1.165) is 0 Å². The molecule has 1 aromatic carbocycles.